The van der Waals surface area contributed by atoms with E-state index >= 15 is 0 Å². The Hall–Kier alpha value is -2.57. The van der Waals surface area contributed by atoms with Gasteiger partial charge in [0.15, 0.2) is 0 Å². The number of rotatable bonds is 8. The van der Waals surface area contributed by atoms with E-state index in [0.717, 1.165) is 39.3 Å². The molecule has 0 atom stereocenters. The maximum Gasteiger partial charge on any atom is 0.200 e. The zero-order valence-corrected chi connectivity index (χ0v) is 16.6. The zero-order valence-electron chi connectivity index (χ0n) is 16.6. The van der Waals surface area contributed by atoms with Gasteiger partial charge in [-0.25, -0.2) is 0 Å². The van der Waals surface area contributed by atoms with Gasteiger partial charge in [0.25, 0.3) is 0 Å². The van der Waals surface area contributed by atoms with Crippen LogP contribution in [0.15, 0.2) is 45.6 Å². The van der Waals surface area contributed by atoms with Crippen LogP contribution in [0.3, 0.4) is 0 Å². The summed E-state index contributed by atoms with van der Waals surface area (Å²) in [5, 5.41) is 1.08. The van der Waals surface area contributed by atoms with Crippen LogP contribution in [0.2, 0.25) is 0 Å². The average molecular weight is 394 g/mol. The van der Waals surface area contributed by atoms with Crippen LogP contribution in [-0.4, -0.2) is 62.3 Å². The van der Waals surface area contributed by atoms with Crippen LogP contribution in [0.4, 0.5) is 0 Å². The van der Waals surface area contributed by atoms with Crippen LogP contribution in [0, 0.1) is 0 Å². The highest BCUT2D eigenvalue weighted by Gasteiger charge is 2.15. The first-order chi connectivity index (χ1) is 14.3. The van der Waals surface area contributed by atoms with E-state index in [1.165, 1.54) is 12.8 Å². The van der Waals surface area contributed by atoms with Crippen molar-refractivity contribution in [3.05, 3.63) is 46.6 Å². The Morgan fingerprint density at radius 1 is 0.759 bits per heavy atom. The molecule has 0 radical (unpaired) electrons. The number of fused-ring (bicyclic) bond motifs is 2. The molecule has 152 valence electrons. The Bertz CT molecular complexity index is 989. The van der Waals surface area contributed by atoms with E-state index < -0.39 is 0 Å². The van der Waals surface area contributed by atoms with E-state index in [1.54, 1.807) is 12.1 Å². The summed E-state index contributed by atoms with van der Waals surface area (Å²) in [7, 11) is 0. The van der Waals surface area contributed by atoms with Gasteiger partial charge in [0.05, 0.1) is 10.8 Å². The van der Waals surface area contributed by atoms with Gasteiger partial charge in [-0.1, -0.05) is 0 Å². The molecule has 2 aliphatic rings. The van der Waals surface area contributed by atoms with Gasteiger partial charge >= 0.3 is 0 Å². The molecule has 0 amide bonds. The molecule has 2 aliphatic heterocycles. The minimum Gasteiger partial charge on any atom is -0.492 e. The van der Waals surface area contributed by atoms with Gasteiger partial charge in [0.2, 0.25) is 5.43 Å². The van der Waals surface area contributed by atoms with Crippen molar-refractivity contribution in [2.45, 2.75) is 12.8 Å². The van der Waals surface area contributed by atoms with E-state index in [2.05, 4.69) is 9.80 Å². The van der Waals surface area contributed by atoms with Gasteiger partial charge in [-0.15, -0.1) is 0 Å². The predicted octanol–water partition coefficient (Wildman–Crippen LogP) is 3.12. The summed E-state index contributed by atoms with van der Waals surface area (Å²) in [4.78, 5) is 17.8. The summed E-state index contributed by atoms with van der Waals surface area (Å²) in [5.41, 5.74) is 1.09. The Morgan fingerprint density at radius 3 is 1.66 bits per heavy atom. The molecule has 0 aliphatic carbocycles. The van der Waals surface area contributed by atoms with Crippen molar-refractivity contribution in [2.75, 3.05) is 52.5 Å². The molecule has 0 bridgehead atoms. The normalized spacial score (nSPS) is 17.2. The molecular weight excluding hydrogens is 368 g/mol. The average Bonchev–Trinajstić information content (AvgIpc) is 2.66. The minimum atomic E-state index is -0.0531. The van der Waals surface area contributed by atoms with Gasteiger partial charge in [-0.3, -0.25) is 14.6 Å². The SMILES string of the molecule is O=c1c2cc(OCCN3CCC3)ccc2oc2ccc(OCCN3CCC3)cc12. The second-order valence-electron chi connectivity index (χ2n) is 7.83. The molecule has 2 aromatic carbocycles. The molecular formula is C23H26N2O4. The lowest BCUT2D eigenvalue weighted by Gasteiger charge is -2.30. The lowest BCUT2D eigenvalue weighted by molar-refractivity contribution is 0.147. The monoisotopic (exact) mass is 394 g/mol. The van der Waals surface area contributed by atoms with Crippen molar-refractivity contribution in [2.24, 2.45) is 0 Å². The topological polar surface area (TPSA) is 55.1 Å². The Labute approximate surface area is 169 Å². The highest BCUT2D eigenvalue weighted by Crippen LogP contribution is 2.25. The van der Waals surface area contributed by atoms with Gasteiger partial charge < -0.3 is 13.9 Å². The van der Waals surface area contributed by atoms with Crippen LogP contribution >= 0.6 is 0 Å². The third-order valence-electron chi connectivity index (χ3n) is 5.86. The van der Waals surface area contributed by atoms with Crippen molar-refractivity contribution in [1.29, 1.82) is 0 Å². The fourth-order valence-electron chi connectivity index (χ4n) is 3.79. The molecule has 0 unspecified atom stereocenters. The quantitative estimate of drug-likeness (QED) is 0.547. The van der Waals surface area contributed by atoms with E-state index in [1.807, 2.05) is 24.3 Å². The zero-order chi connectivity index (χ0) is 19.6. The van der Waals surface area contributed by atoms with E-state index in [0.29, 0.717) is 46.7 Å². The highest BCUT2D eigenvalue weighted by molar-refractivity contribution is 5.90. The minimum absolute atomic E-state index is 0.0531. The number of benzene rings is 2. The maximum absolute atomic E-state index is 13.1. The second-order valence-corrected chi connectivity index (χ2v) is 7.83. The molecule has 3 heterocycles. The molecule has 2 saturated heterocycles. The van der Waals surface area contributed by atoms with E-state index in [4.69, 9.17) is 13.9 Å². The van der Waals surface area contributed by atoms with Crippen molar-refractivity contribution in [1.82, 2.24) is 9.80 Å². The van der Waals surface area contributed by atoms with Gasteiger partial charge in [-0.2, -0.15) is 0 Å². The van der Waals surface area contributed by atoms with E-state index in [9.17, 15) is 4.79 Å². The van der Waals surface area contributed by atoms with E-state index in [-0.39, 0.29) is 5.43 Å². The molecule has 0 saturated carbocycles. The fourth-order valence-corrected chi connectivity index (χ4v) is 3.79. The third kappa shape index (κ3) is 3.95. The molecule has 6 heteroatoms. The first kappa shape index (κ1) is 18.5. The summed E-state index contributed by atoms with van der Waals surface area (Å²) >= 11 is 0. The smallest absolute Gasteiger partial charge is 0.200 e. The van der Waals surface area contributed by atoms with Crippen molar-refractivity contribution < 1.29 is 13.9 Å². The number of likely N-dealkylation sites (tertiary alicyclic amines) is 2. The van der Waals surface area contributed by atoms with Gasteiger partial charge in [0, 0.05) is 13.1 Å². The first-order valence-corrected chi connectivity index (χ1v) is 10.5. The molecule has 2 fully saturated rings. The first-order valence-electron chi connectivity index (χ1n) is 10.5. The van der Waals surface area contributed by atoms with Crippen LogP contribution in [0.5, 0.6) is 11.5 Å². The molecule has 3 aromatic rings. The lowest BCUT2D eigenvalue weighted by Crippen LogP contribution is -2.39. The maximum atomic E-state index is 13.1. The lowest BCUT2D eigenvalue weighted by atomic mass is 10.1. The predicted molar refractivity (Wildman–Crippen MR) is 113 cm³/mol. The summed E-state index contributed by atoms with van der Waals surface area (Å²) in [5.74, 6) is 1.40. The summed E-state index contributed by atoms with van der Waals surface area (Å²) < 4.78 is 17.7. The molecule has 1 aromatic heterocycles. The second kappa shape index (κ2) is 8.05. The Morgan fingerprint density at radius 2 is 1.24 bits per heavy atom. The number of ether oxygens (including phenoxy) is 2. The van der Waals surface area contributed by atoms with Crippen molar-refractivity contribution in [3.63, 3.8) is 0 Å². The summed E-state index contributed by atoms with van der Waals surface area (Å²) in [6.07, 6.45) is 2.54. The van der Waals surface area contributed by atoms with Crippen LogP contribution in [-0.2, 0) is 0 Å². The number of hydrogen-bond donors (Lipinski definition) is 0. The van der Waals surface area contributed by atoms with Gasteiger partial charge in [0.1, 0.15) is 35.9 Å². The molecule has 5 rings (SSSR count). The molecule has 0 spiro atoms. The van der Waals surface area contributed by atoms with Crippen LogP contribution in [0.25, 0.3) is 21.9 Å². The molecule has 0 N–H and O–H groups in total. The van der Waals surface area contributed by atoms with Crippen molar-refractivity contribution >= 4 is 21.9 Å². The summed E-state index contributed by atoms with van der Waals surface area (Å²) in [6.45, 7) is 7.69. The highest BCUT2D eigenvalue weighted by atomic mass is 16.5. The standard InChI is InChI=1S/C23H26N2O4/c26-23-19-15-17(27-13-11-24-7-1-8-24)3-5-21(19)29-22-6-4-18(16-20(22)23)28-14-12-25-9-2-10-25/h3-6,15-16H,1-2,7-14H2. The molecule has 6 nitrogen and oxygen atoms in total. The Balaban J connectivity index is 1.34. The van der Waals surface area contributed by atoms with Crippen LogP contribution < -0.4 is 14.9 Å². The largest absolute Gasteiger partial charge is 0.492 e. The fraction of sp³-hybridized carbons (Fsp3) is 0.435. The molecule has 29 heavy (non-hydrogen) atoms. The van der Waals surface area contributed by atoms with Crippen molar-refractivity contribution in [3.8, 4) is 11.5 Å². The van der Waals surface area contributed by atoms with Crippen LogP contribution in [0.1, 0.15) is 12.8 Å². The number of hydrogen-bond acceptors (Lipinski definition) is 6. The summed E-state index contributed by atoms with van der Waals surface area (Å²) in [6, 6.07) is 10.9. The third-order valence-corrected chi connectivity index (χ3v) is 5.86. The van der Waals surface area contributed by atoms with Gasteiger partial charge in [-0.05, 0) is 75.4 Å². The number of nitrogens with zero attached hydrogens (tertiary/aromatic N) is 2. The Kier molecular flexibility index (Phi) is 5.12.